The number of likely N-dealkylation sites (tertiary alicyclic amines) is 1. The van der Waals surface area contributed by atoms with Crippen LogP contribution in [0.2, 0.25) is 0 Å². The van der Waals surface area contributed by atoms with Gasteiger partial charge in [-0.05, 0) is 80.2 Å². The molecular formula is C36H39NO3. The van der Waals surface area contributed by atoms with Gasteiger partial charge in [0.1, 0.15) is 12.7 Å². The first-order valence-electron chi connectivity index (χ1n) is 15.4. The van der Waals surface area contributed by atoms with Crippen LogP contribution in [0.4, 0.5) is 0 Å². The van der Waals surface area contributed by atoms with Crippen LogP contribution in [0.5, 0.6) is 11.5 Å². The average Bonchev–Trinajstić information content (AvgIpc) is 3.75. The second-order valence-electron chi connectivity index (χ2n) is 12.6. The van der Waals surface area contributed by atoms with E-state index >= 15 is 0 Å². The Morgan fingerprint density at radius 2 is 1.75 bits per heavy atom. The molecule has 4 heteroatoms. The van der Waals surface area contributed by atoms with Crippen LogP contribution < -0.4 is 9.47 Å². The predicted molar refractivity (Wildman–Crippen MR) is 158 cm³/mol. The lowest BCUT2D eigenvalue weighted by Crippen LogP contribution is -2.76. The molecule has 5 aliphatic rings. The molecule has 2 heterocycles. The summed E-state index contributed by atoms with van der Waals surface area (Å²) in [7, 11) is 0. The summed E-state index contributed by atoms with van der Waals surface area (Å²) < 4.78 is 20.7. The molecule has 0 aromatic heterocycles. The lowest BCUT2D eigenvalue weighted by Gasteiger charge is -2.65. The van der Waals surface area contributed by atoms with Crippen LogP contribution in [0.1, 0.15) is 60.8 Å². The predicted octanol–water partition coefficient (Wildman–Crippen LogP) is 6.96. The van der Waals surface area contributed by atoms with Crippen LogP contribution in [-0.2, 0) is 23.2 Å². The van der Waals surface area contributed by atoms with Gasteiger partial charge in [-0.25, -0.2) is 0 Å². The second-order valence-corrected chi connectivity index (χ2v) is 12.6. The van der Waals surface area contributed by atoms with Gasteiger partial charge in [0.15, 0.2) is 11.5 Å². The minimum atomic E-state index is -0.236. The van der Waals surface area contributed by atoms with Crippen molar-refractivity contribution in [2.45, 2.75) is 74.7 Å². The van der Waals surface area contributed by atoms with Crippen LogP contribution in [-0.4, -0.2) is 42.3 Å². The fourth-order valence-corrected chi connectivity index (χ4v) is 8.52. The summed E-state index contributed by atoms with van der Waals surface area (Å²) in [6.07, 6.45) is 12.8. The first-order valence-corrected chi connectivity index (χ1v) is 15.4. The molecule has 2 aliphatic heterocycles. The third-order valence-electron chi connectivity index (χ3n) is 10.4. The number of hydrogen-bond acceptors (Lipinski definition) is 4. The van der Waals surface area contributed by atoms with E-state index in [0.717, 1.165) is 56.1 Å². The van der Waals surface area contributed by atoms with Gasteiger partial charge in [0.05, 0.1) is 17.6 Å². The van der Waals surface area contributed by atoms with E-state index in [1.54, 1.807) is 0 Å². The summed E-state index contributed by atoms with van der Waals surface area (Å²) >= 11 is 0. The third-order valence-corrected chi connectivity index (χ3v) is 10.4. The number of rotatable bonds is 9. The highest BCUT2D eigenvalue weighted by Crippen LogP contribution is 2.67. The summed E-state index contributed by atoms with van der Waals surface area (Å²) in [4.78, 5) is 2.81. The van der Waals surface area contributed by atoms with E-state index in [-0.39, 0.29) is 17.1 Å². The van der Waals surface area contributed by atoms with Crippen LogP contribution in [0.25, 0.3) is 6.08 Å². The zero-order valence-electron chi connectivity index (χ0n) is 23.3. The van der Waals surface area contributed by atoms with Crippen molar-refractivity contribution in [3.63, 3.8) is 0 Å². The number of hydrogen-bond donors (Lipinski definition) is 0. The molecule has 0 radical (unpaired) electrons. The zero-order chi connectivity index (χ0) is 26.6. The van der Waals surface area contributed by atoms with Crippen LogP contribution >= 0.6 is 0 Å². The van der Waals surface area contributed by atoms with Crippen LogP contribution in [0.15, 0.2) is 78.9 Å². The van der Waals surface area contributed by atoms with Gasteiger partial charge in [-0.15, -0.1) is 0 Å². The fraction of sp³-hybridized carbons (Fsp3) is 0.444. The van der Waals surface area contributed by atoms with Crippen molar-refractivity contribution in [3.8, 4) is 11.5 Å². The third kappa shape index (κ3) is 3.87. The van der Waals surface area contributed by atoms with Gasteiger partial charge in [-0.1, -0.05) is 78.9 Å². The molecule has 1 spiro atoms. The number of nitrogens with zero attached hydrogens (tertiary/aromatic N) is 1. The Hall–Kier alpha value is -3.08. The molecule has 2 saturated carbocycles. The number of benzene rings is 3. The minimum Gasteiger partial charge on any atom is -0.485 e. The molecule has 0 amide bonds. The van der Waals surface area contributed by atoms with E-state index in [9.17, 15) is 0 Å². The SMILES string of the molecule is C(=C\c1ccccc1)/CO[C@@]12CCC[C@@H]3Oc4c(OCc5ccccc5)ccc5c4[C@@]31CCN(CC1CC1)[C@@H]2C5. The first-order chi connectivity index (χ1) is 19.8. The van der Waals surface area contributed by atoms with Crippen molar-refractivity contribution >= 4 is 6.08 Å². The Labute approximate surface area is 237 Å². The highest BCUT2D eigenvalue weighted by atomic mass is 16.5. The standard InChI is InChI=1S/C36H39NO3/c1-3-9-26(10-4-1)13-8-22-39-36-19-7-14-32-35(36)20-21-37(24-27-15-16-27)31(36)23-29-17-18-30(34(40-32)33(29)35)38-25-28-11-5-2-6-12-28/h1-6,8-13,17-18,27,31-32H,7,14-16,19-25H2/b13-8+/t31-,32+,35-,36-/m1/s1. The number of ether oxygens (including phenoxy) is 3. The van der Waals surface area contributed by atoms with Crippen molar-refractivity contribution in [2.75, 3.05) is 19.7 Å². The average molecular weight is 534 g/mol. The van der Waals surface area contributed by atoms with E-state index in [2.05, 4.69) is 89.8 Å². The van der Waals surface area contributed by atoms with Gasteiger partial charge in [-0.2, -0.15) is 0 Å². The molecule has 40 heavy (non-hydrogen) atoms. The molecule has 2 bridgehead atoms. The van der Waals surface area contributed by atoms with E-state index in [4.69, 9.17) is 14.2 Å². The fourth-order valence-electron chi connectivity index (χ4n) is 8.52. The van der Waals surface area contributed by atoms with Crippen molar-refractivity contribution in [1.82, 2.24) is 4.90 Å². The summed E-state index contributed by atoms with van der Waals surface area (Å²) in [5.41, 5.74) is 4.93. The molecule has 8 rings (SSSR count). The molecule has 4 nitrogen and oxygen atoms in total. The molecule has 206 valence electrons. The van der Waals surface area contributed by atoms with Crippen molar-refractivity contribution in [2.24, 2.45) is 5.92 Å². The Bertz CT molecular complexity index is 1400. The van der Waals surface area contributed by atoms with Crippen molar-refractivity contribution in [1.29, 1.82) is 0 Å². The summed E-state index contributed by atoms with van der Waals surface area (Å²) in [6.45, 7) is 3.54. The van der Waals surface area contributed by atoms with Crippen LogP contribution in [0.3, 0.4) is 0 Å². The Kier molecular flexibility index (Phi) is 6.04. The monoisotopic (exact) mass is 533 g/mol. The maximum atomic E-state index is 7.27. The van der Waals surface area contributed by atoms with Crippen LogP contribution in [0, 0.1) is 5.92 Å². The summed E-state index contributed by atoms with van der Waals surface area (Å²) in [5, 5.41) is 0. The highest BCUT2D eigenvalue weighted by Gasteiger charge is 2.72. The Morgan fingerprint density at radius 1 is 0.925 bits per heavy atom. The van der Waals surface area contributed by atoms with Gasteiger partial charge < -0.3 is 14.2 Å². The molecule has 0 unspecified atom stereocenters. The maximum absolute atomic E-state index is 7.27. The molecule has 3 aromatic rings. The quantitative estimate of drug-likeness (QED) is 0.298. The van der Waals surface area contributed by atoms with Gasteiger partial charge >= 0.3 is 0 Å². The maximum Gasteiger partial charge on any atom is 0.165 e. The molecule has 4 atom stereocenters. The Balaban J connectivity index is 1.17. The lowest BCUT2D eigenvalue weighted by atomic mass is 9.49. The van der Waals surface area contributed by atoms with E-state index < -0.39 is 0 Å². The highest BCUT2D eigenvalue weighted by molar-refractivity contribution is 5.63. The summed E-state index contributed by atoms with van der Waals surface area (Å²) in [5.74, 6) is 2.76. The minimum absolute atomic E-state index is 0.106. The van der Waals surface area contributed by atoms with Gasteiger partial charge in [0.2, 0.25) is 0 Å². The molecule has 1 saturated heterocycles. The van der Waals surface area contributed by atoms with Crippen molar-refractivity contribution in [3.05, 3.63) is 101 Å². The van der Waals surface area contributed by atoms with Gasteiger partial charge in [0.25, 0.3) is 0 Å². The van der Waals surface area contributed by atoms with E-state index in [1.807, 2.05) is 0 Å². The lowest BCUT2D eigenvalue weighted by molar-refractivity contribution is -0.210. The normalized spacial score (nSPS) is 30.2. The molecular weight excluding hydrogens is 494 g/mol. The van der Waals surface area contributed by atoms with Gasteiger partial charge in [-0.3, -0.25) is 4.90 Å². The topological polar surface area (TPSA) is 30.9 Å². The summed E-state index contributed by atoms with van der Waals surface area (Å²) in [6, 6.07) is 25.9. The van der Waals surface area contributed by atoms with E-state index in [0.29, 0.717) is 19.3 Å². The molecule has 3 aromatic carbocycles. The zero-order valence-corrected chi connectivity index (χ0v) is 23.3. The number of piperidine rings is 1. The molecule has 0 N–H and O–H groups in total. The largest absolute Gasteiger partial charge is 0.485 e. The Morgan fingerprint density at radius 3 is 2.58 bits per heavy atom. The van der Waals surface area contributed by atoms with E-state index in [1.165, 1.54) is 41.6 Å². The second kappa shape index (κ2) is 9.78. The molecule has 3 fully saturated rings. The smallest absolute Gasteiger partial charge is 0.165 e. The first kappa shape index (κ1) is 24.7. The van der Waals surface area contributed by atoms with Gasteiger partial charge in [0, 0.05) is 18.2 Å². The molecule has 3 aliphatic carbocycles. The van der Waals surface area contributed by atoms with Crippen molar-refractivity contribution < 1.29 is 14.2 Å².